The van der Waals surface area contributed by atoms with E-state index in [0.29, 0.717) is 18.5 Å². The molecule has 0 bridgehead atoms. The van der Waals surface area contributed by atoms with Gasteiger partial charge in [-0.05, 0) is 42.3 Å². The van der Waals surface area contributed by atoms with Gasteiger partial charge in [0.05, 0.1) is 0 Å². The molecular weight excluding hydrogens is 232 g/mol. The Morgan fingerprint density at radius 1 is 0.944 bits per heavy atom. The summed E-state index contributed by atoms with van der Waals surface area (Å²) in [5, 5.41) is 0. The fourth-order valence-corrected chi connectivity index (χ4v) is 2.03. The van der Waals surface area contributed by atoms with E-state index in [1.54, 1.807) is 30.3 Å². The van der Waals surface area contributed by atoms with Crippen LogP contribution in [0.1, 0.15) is 17.0 Å². The van der Waals surface area contributed by atoms with Crippen molar-refractivity contribution in [1.29, 1.82) is 0 Å². The first-order valence-corrected chi connectivity index (χ1v) is 5.89. The lowest BCUT2D eigenvalue weighted by atomic mass is 9.92. The largest absolute Gasteiger partial charge is 0.330 e. The highest BCUT2D eigenvalue weighted by Gasteiger charge is 2.14. The van der Waals surface area contributed by atoms with Gasteiger partial charge in [0.1, 0.15) is 11.6 Å². The van der Waals surface area contributed by atoms with Crippen LogP contribution < -0.4 is 5.73 Å². The third kappa shape index (κ3) is 2.93. The third-order valence-corrected chi connectivity index (χ3v) is 3.02. The van der Waals surface area contributed by atoms with Gasteiger partial charge in [0.25, 0.3) is 0 Å². The second-order valence-corrected chi connectivity index (χ2v) is 4.28. The van der Waals surface area contributed by atoms with Crippen LogP contribution in [0.2, 0.25) is 0 Å². The van der Waals surface area contributed by atoms with Gasteiger partial charge in [0.2, 0.25) is 0 Å². The molecule has 2 rings (SSSR count). The molecule has 18 heavy (non-hydrogen) atoms. The van der Waals surface area contributed by atoms with Crippen LogP contribution in [0.15, 0.2) is 48.5 Å². The molecule has 0 radical (unpaired) electrons. The zero-order valence-corrected chi connectivity index (χ0v) is 9.94. The maximum absolute atomic E-state index is 13.7. The fraction of sp³-hybridized carbons (Fsp3) is 0.200. The molecule has 0 aliphatic carbocycles. The van der Waals surface area contributed by atoms with Crippen LogP contribution >= 0.6 is 0 Å². The quantitative estimate of drug-likeness (QED) is 0.881. The number of rotatable bonds is 4. The molecule has 1 nitrogen and oxygen atoms in total. The van der Waals surface area contributed by atoms with Gasteiger partial charge >= 0.3 is 0 Å². The summed E-state index contributed by atoms with van der Waals surface area (Å²) < 4.78 is 26.5. The highest BCUT2D eigenvalue weighted by molar-refractivity contribution is 5.26. The molecule has 0 amide bonds. The van der Waals surface area contributed by atoms with Gasteiger partial charge in [0, 0.05) is 5.92 Å². The molecule has 2 aromatic rings. The topological polar surface area (TPSA) is 26.0 Å². The maximum atomic E-state index is 13.7. The molecule has 0 aliphatic heterocycles. The fourth-order valence-electron chi connectivity index (χ4n) is 2.03. The summed E-state index contributed by atoms with van der Waals surface area (Å²) in [4.78, 5) is 0. The second-order valence-electron chi connectivity index (χ2n) is 4.28. The van der Waals surface area contributed by atoms with Crippen LogP contribution in [0.25, 0.3) is 0 Å². The van der Waals surface area contributed by atoms with Crippen molar-refractivity contribution in [2.45, 2.75) is 12.3 Å². The van der Waals surface area contributed by atoms with Crippen LogP contribution in [0, 0.1) is 11.6 Å². The summed E-state index contributed by atoms with van der Waals surface area (Å²) in [6, 6.07) is 12.9. The first-order chi connectivity index (χ1) is 8.70. The molecular formula is C15H15F2N. The minimum absolute atomic E-state index is 0.0864. The number of hydrogen-bond donors (Lipinski definition) is 1. The van der Waals surface area contributed by atoms with Gasteiger partial charge in [-0.15, -0.1) is 0 Å². The lowest BCUT2D eigenvalue weighted by Gasteiger charge is -2.16. The van der Waals surface area contributed by atoms with Gasteiger partial charge in [0.15, 0.2) is 0 Å². The molecule has 3 heteroatoms. The lowest BCUT2D eigenvalue weighted by Crippen LogP contribution is -2.16. The van der Waals surface area contributed by atoms with Crippen molar-refractivity contribution in [2.75, 3.05) is 6.54 Å². The lowest BCUT2D eigenvalue weighted by molar-refractivity contribution is 0.575. The van der Waals surface area contributed by atoms with Crippen molar-refractivity contribution < 1.29 is 8.78 Å². The molecule has 0 aromatic heterocycles. The summed E-state index contributed by atoms with van der Waals surface area (Å²) in [7, 11) is 0. The average molecular weight is 247 g/mol. The molecule has 1 unspecified atom stereocenters. The smallest absolute Gasteiger partial charge is 0.126 e. The first-order valence-electron chi connectivity index (χ1n) is 5.89. The summed E-state index contributed by atoms with van der Waals surface area (Å²) in [5.74, 6) is -0.597. The van der Waals surface area contributed by atoms with Crippen molar-refractivity contribution in [2.24, 2.45) is 5.73 Å². The molecule has 0 fully saturated rings. The molecule has 1 atom stereocenters. The monoisotopic (exact) mass is 247 g/mol. The second kappa shape index (κ2) is 5.74. The summed E-state index contributed by atoms with van der Waals surface area (Å²) in [6.07, 6.45) is 0.609. The molecule has 2 aromatic carbocycles. The Labute approximate surface area is 105 Å². The Morgan fingerprint density at radius 2 is 1.61 bits per heavy atom. The molecule has 0 spiro atoms. The normalized spacial score (nSPS) is 12.4. The molecule has 0 aliphatic rings. The van der Waals surface area contributed by atoms with E-state index in [9.17, 15) is 8.78 Å². The van der Waals surface area contributed by atoms with Crippen molar-refractivity contribution in [3.05, 3.63) is 71.3 Å². The van der Waals surface area contributed by atoms with E-state index < -0.39 is 0 Å². The van der Waals surface area contributed by atoms with Crippen molar-refractivity contribution in [1.82, 2.24) is 0 Å². The highest BCUT2D eigenvalue weighted by atomic mass is 19.1. The standard InChI is InChI=1S/C15H15F2N/c16-13-7-5-11(6-8-13)9-12(10-18)14-3-1-2-4-15(14)17/h1-8,12H,9-10,18H2. The molecule has 0 saturated carbocycles. The van der Waals surface area contributed by atoms with E-state index in [-0.39, 0.29) is 17.6 Å². The zero-order chi connectivity index (χ0) is 13.0. The number of nitrogens with two attached hydrogens (primary N) is 1. The van der Waals surface area contributed by atoms with Crippen molar-refractivity contribution in [3.63, 3.8) is 0 Å². The van der Waals surface area contributed by atoms with Gasteiger partial charge in [-0.3, -0.25) is 0 Å². The first kappa shape index (κ1) is 12.7. The van der Waals surface area contributed by atoms with E-state index in [0.717, 1.165) is 5.56 Å². The van der Waals surface area contributed by atoms with Crippen LogP contribution in [0.5, 0.6) is 0 Å². The maximum Gasteiger partial charge on any atom is 0.126 e. The number of hydrogen-bond acceptors (Lipinski definition) is 1. The van der Waals surface area contributed by atoms with E-state index in [1.807, 2.05) is 0 Å². The van der Waals surface area contributed by atoms with Crippen LogP contribution in [-0.2, 0) is 6.42 Å². The minimum atomic E-state index is -0.269. The van der Waals surface area contributed by atoms with Crippen molar-refractivity contribution in [3.8, 4) is 0 Å². The van der Waals surface area contributed by atoms with E-state index in [4.69, 9.17) is 5.73 Å². The number of benzene rings is 2. The number of halogens is 2. The van der Waals surface area contributed by atoms with Crippen molar-refractivity contribution >= 4 is 0 Å². The van der Waals surface area contributed by atoms with Gasteiger partial charge in [-0.2, -0.15) is 0 Å². The predicted molar refractivity (Wildman–Crippen MR) is 68.3 cm³/mol. The van der Waals surface area contributed by atoms with E-state index in [2.05, 4.69) is 0 Å². The molecule has 0 saturated heterocycles. The Morgan fingerprint density at radius 3 is 2.22 bits per heavy atom. The van der Waals surface area contributed by atoms with Crippen LogP contribution in [-0.4, -0.2) is 6.54 Å². The summed E-state index contributed by atoms with van der Waals surface area (Å²) >= 11 is 0. The van der Waals surface area contributed by atoms with E-state index >= 15 is 0 Å². The van der Waals surface area contributed by atoms with E-state index in [1.165, 1.54) is 18.2 Å². The molecule has 0 heterocycles. The SMILES string of the molecule is NCC(Cc1ccc(F)cc1)c1ccccc1F. The Hall–Kier alpha value is -1.74. The average Bonchev–Trinajstić information content (AvgIpc) is 2.39. The molecule has 2 N–H and O–H groups in total. The van der Waals surface area contributed by atoms with Crippen LogP contribution in [0.3, 0.4) is 0 Å². The van der Waals surface area contributed by atoms with Gasteiger partial charge in [-0.1, -0.05) is 30.3 Å². The Bertz CT molecular complexity index is 508. The predicted octanol–water partition coefficient (Wildman–Crippen LogP) is 3.25. The zero-order valence-electron chi connectivity index (χ0n) is 9.94. The van der Waals surface area contributed by atoms with Crippen LogP contribution in [0.4, 0.5) is 8.78 Å². The molecule has 94 valence electrons. The van der Waals surface area contributed by atoms with Gasteiger partial charge in [-0.25, -0.2) is 8.78 Å². The highest BCUT2D eigenvalue weighted by Crippen LogP contribution is 2.22. The third-order valence-electron chi connectivity index (χ3n) is 3.02. The minimum Gasteiger partial charge on any atom is -0.330 e. The summed E-state index contributed by atoms with van der Waals surface area (Å²) in [6.45, 7) is 0.359. The Balaban J connectivity index is 2.20. The summed E-state index contributed by atoms with van der Waals surface area (Å²) in [5.41, 5.74) is 7.28. The van der Waals surface area contributed by atoms with Gasteiger partial charge < -0.3 is 5.73 Å². The Kier molecular flexibility index (Phi) is 4.05.